The first-order valence-electron chi connectivity index (χ1n) is 8.27. The molecular weight excluding hydrogens is 376 g/mol. The van der Waals surface area contributed by atoms with Crippen LogP contribution in [0.15, 0.2) is 47.4 Å². The van der Waals surface area contributed by atoms with Crippen molar-refractivity contribution in [2.45, 2.75) is 37.3 Å². The van der Waals surface area contributed by atoms with Crippen molar-refractivity contribution >= 4 is 21.4 Å². The van der Waals surface area contributed by atoms with Crippen molar-refractivity contribution in [2.75, 3.05) is 11.9 Å². The number of para-hydroxylation sites is 1. The summed E-state index contributed by atoms with van der Waals surface area (Å²) < 4.78 is 54.6. The molecule has 0 saturated carbocycles. The smallest absolute Gasteiger partial charge is 0.341 e. The first-order valence-corrected chi connectivity index (χ1v) is 9.82. The number of sulfone groups is 1. The van der Waals surface area contributed by atoms with Crippen LogP contribution in [0.5, 0.6) is 5.75 Å². The fraction of sp³-hybridized carbons (Fsp3) is 0.316. The number of amides is 1. The molecule has 146 valence electrons. The van der Waals surface area contributed by atoms with Crippen molar-refractivity contribution in [3.8, 4) is 5.75 Å². The SMILES string of the molecule is Cc1ccc(C(C)C)cc1OCC(=O)Nc1ccccc1S(=O)(=O)C(F)F. The zero-order valence-electron chi connectivity index (χ0n) is 15.2. The molecule has 8 heteroatoms. The van der Waals surface area contributed by atoms with E-state index in [0.29, 0.717) is 5.75 Å². The topological polar surface area (TPSA) is 72.5 Å². The van der Waals surface area contributed by atoms with Crippen molar-refractivity contribution in [2.24, 2.45) is 0 Å². The van der Waals surface area contributed by atoms with Gasteiger partial charge in [-0.15, -0.1) is 0 Å². The Kier molecular flexibility index (Phi) is 6.54. The van der Waals surface area contributed by atoms with Gasteiger partial charge in [0, 0.05) is 0 Å². The van der Waals surface area contributed by atoms with Gasteiger partial charge in [0.1, 0.15) is 5.75 Å². The molecule has 2 rings (SSSR count). The summed E-state index contributed by atoms with van der Waals surface area (Å²) in [6.45, 7) is 5.51. The van der Waals surface area contributed by atoms with E-state index in [1.807, 2.05) is 39.0 Å². The summed E-state index contributed by atoms with van der Waals surface area (Å²) in [5.74, 6) is -3.41. The van der Waals surface area contributed by atoms with Crippen LogP contribution in [0.3, 0.4) is 0 Å². The molecule has 0 aliphatic rings. The first kappa shape index (κ1) is 20.8. The first-order chi connectivity index (χ1) is 12.6. The van der Waals surface area contributed by atoms with Crippen LogP contribution in [0, 0.1) is 6.92 Å². The molecular formula is C19H21F2NO4S. The molecule has 0 aliphatic heterocycles. The van der Waals surface area contributed by atoms with Crippen molar-refractivity contribution < 1.29 is 26.7 Å². The van der Waals surface area contributed by atoms with Crippen LogP contribution in [0.2, 0.25) is 0 Å². The Hall–Kier alpha value is -2.48. The van der Waals surface area contributed by atoms with Crippen LogP contribution < -0.4 is 10.1 Å². The fourth-order valence-corrected chi connectivity index (χ4v) is 3.26. The Morgan fingerprint density at radius 3 is 2.44 bits per heavy atom. The van der Waals surface area contributed by atoms with E-state index in [0.717, 1.165) is 17.2 Å². The predicted octanol–water partition coefficient (Wildman–Crippen LogP) is 4.13. The Bertz CT molecular complexity index is 927. The standard InChI is InChI=1S/C19H21F2NO4S/c1-12(2)14-9-8-13(3)16(10-14)26-11-18(23)22-15-6-4-5-7-17(15)27(24,25)19(20)21/h4-10,12,19H,11H2,1-3H3,(H,22,23). The lowest BCUT2D eigenvalue weighted by Gasteiger charge is -2.14. The number of anilines is 1. The number of hydrogen-bond acceptors (Lipinski definition) is 4. The Morgan fingerprint density at radius 1 is 1.15 bits per heavy atom. The number of carbonyl (C=O) groups excluding carboxylic acids is 1. The van der Waals surface area contributed by atoms with Gasteiger partial charge in [0.25, 0.3) is 5.91 Å². The van der Waals surface area contributed by atoms with Crippen LogP contribution in [-0.2, 0) is 14.6 Å². The molecule has 2 aromatic carbocycles. The maximum Gasteiger partial charge on any atom is 0.341 e. The monoisotopic (exact) mass is 397 g/mol. The molecule has 0 saturated heterocycles. The van der Waals surface area contributed by atoms with Gasteiger partial charge >= 0.3 is 5.76 Å². The summed E-state index contributed by atoms with van der Waals surface area (Å²) in [7, 11) is -4.83. The molecule has 1 N–H and O–H groups in total. The number of benzene rings is 2. The minimum atomic E-state index is -4.83. The lowest BCUT2D eigenvalue weighted by atomic mass is 10.0. The highest BCUT2D eigenvalue weighted by Gasteiger charge is 2.29. The summed E-state index contributed by atoms with van der Waals surface area (Å²) in [5, 5.41) is 2.32. The number of hydrogen-bond donors (Lipinski definition) is 1. The van der Waals surface area contributed by atoms with Crippen LogP contribution in [0.4, 0.5) is 14.5 Å². The summed E-state index contributed by atoms with van der Waals surface area (Å²) in [4.78, 5) is 11.5. The fourth-order valence-electron chi connectivity index (χ4n) is 2.37. The molecule has 27 heavy (non-hydrogen) atoms. The van der Waals surface area contributed by atoms with Crippen LogP contribution in [-0.4, -0.2) is 26.7 Å². The van der Waals surface area contributed by atoms with Gasteiger partial charge in [-0.2, -0.15) is 8.78 Å². The third-order valence-corrected chi connectivity index (χ3v) is 5.38. The average molecular weight is 397 g/mol. The van der Waals surface area contributed by atoms with E-state index in [2.05, 4.69) is 5.32 Å². The van der Waals surface area contributed by atoms with E-state index < -0.39 is 26.4 Å². The lowest BCUT2D eigenvalue weighted by molar-refractivity contribution is -0.118. The van der Waals surface area contributed by atoms with E-state index in [9.17, 15) is 22.0 Å². The summed E-state index contributed by atoms with van der Waals surface area (Å²) >= 11 is 0. The Morgan fingerprint density at radius 2 is 1.81 bits per heavy atom. The number of halogens is 2. The minimum absolute atomic E-state index is 0.209. The summed E-state index contributed by atoms with van der Waals surface area (Å²) in [6, 6.07) is 10.7. The second-order valence-electron chi connectivity index (χ2n) is 6.32. The lowest BCUT2D eigenvalue weighted by Crippen LogP contribution is -2.22. The molecule has 0 aromatic heterocycles. The highest BCUT2D eigenvalue weighted by atomic mass is 32.2. The molecule has 0 atom stereocenters. The highest BCUT2D eigenvalue weighted by molar-refractivity contribution is 7.91. The van der Waals surface area contributed by atoms with E-state index in [4.69, 9.17) is 4.74 Å². The number of alkyl halides is 2. The normalized spacial score (nSPS) is 11.7. The molecule has 0 bridgehead atoms. The molecule has 0 unspecified atom stereocenters. The van der Waals surface area contributed by atoms with Crippen molar-refractivity contribution in [3.05, 3.63) is 53.6 Å². The highest BCUT2D eigenvalue weighted by Crippen LogP contribution is 2.27. The number of rotatable bonds is 7. The van der Waals surface area contributed by atoms with Gasteiger partial charge in [-0.05, 0) is 42.2 Å². The molecule has 0 fully saturated rings. The quantitative estimate of drug-likeness (QED) is 0.762. The molecule has 2 aromatic rings. The van der Waals surface area contributed by atoms with Gasteiger partial charge in [-0.25, -0.2) is 8.42 Å². The Balaban J connectivity index is 2.13. The van der Waals surface area contributed by atoms with Crippen molar-refractivity contribution in [3.63, 3.8) is 0 Å². The third kappa shape index (κ3) is 5.03. The third-order valence-electron chi connectivity index (χ3n) is 3.94. The second kappa shape index (κ2) is 8.47. The van der Waals surface area contributed by atoms with Gasteiger partial charge < -0.3 is 10.1 Å². The zero-order chi connectivity index (χ0) is 20.2. The maximum atomic E-state index is 12.8. The summed E-state index contributed by atoms with van der Waals surface area (Å²) in [5.41, 5.74) is 1.68. The van der Waals surface area contributed by atoms with Crippen molar-refractivity contribution in [1.29, 1.82) is 0 Å². The van der Waals surface area contributed by atoms with Crippen LogP contribution in [0.1, 0.15) is 30.9 Å². The van der Waals surface area contributed by atoms with Gasteiger partial charge in [0.05, 0.1) is 10.6 Å². The van der Waals surface area contributed by atoms with Gasteiger partial charge in [0.2, 0.25) is 9.84 Å². The van der Waals surface area contributed by atoms with Gasteiger partial charge in [-0.3, -0.25) is 4.79 Å². The minimum Gasteiger partial charge on any atom is -0.483 e. The van der Waals surface area contributed by atoms with Crippen LogP contribution in [0.25, 0.3) is 0 Å². The van der Waals surface area contributed by atoms with E-state index >= 15 is 0 Å². The predicted molar refractivity (Wildman–Crippen MR) is 99.0 cm³/mol. The summed E-state index contributed by atoms with van der Waals surface area (Å²) in [6.07, 6.45) is 0. The van der Waals surface area contributed by atoms with E-state index in [-0.39, 0.29) is 18.2 Å². The molecule has 5 nitrogen and oxygen atoms in total. The van der Waals surface area contributed by atoms with Gasteiger partial charge in [0.15, 0.2) is 6.61 Å². The Labute approximate surface area is 157 Å². The number of carbonyl (C=O) groups is 1. The maximum absolute atomic E-state index is 12.8. The van der Waals surface area contributed by atoms with E-state index in [1.165, 1.54) is 18.2 Å². The number of aryl methyl sites for hydroxylation is 1. The molecule has 1 amide bonds. The number of ether oxygens (including phenoxy) is 1. The van der Waals surface area contributed by atoms with Crippen molar-refractivity contribution in [1.82, 2.24) is 0 Å². The zero-order valence-corrected chi connectivity index (χ0v) is 16.0. The molecule has 0 radical (unpaired) electrons. The van der Waals surface area contributed by atoms with Gasteiger partial charge in [-0.1, -0.05) is 38.1 Å². The molecule has 0 aliphatic carbocycles. The second-order valence-corrected chi connectivity index (χ2v) is 8.20. The van der Waals surface area contributed by atoms with Crippen LogP contribution >= 0.6 is 0 Å². The van der Waals surface area contributed by atoms with E-state index in [1.54, 1.807) is 0 Å². The molecule has 0 heterocycles. The molecule has 0 spiro atoms. The average Bonchev–Trinajstić information content (AvgIpc) is 2.61. The largest absolute Gasteiger partial charge is 0.483 e. The number of nitrogens with one attached hydrogen (secondary N) is 1.